The lowest BCUT2D eigenvalue weighted by molar-refractivity contribution is -0.385. The Balaban J connectivity index is 1.83. The SMILES string of the molecule is O=[N+]([O-])c1cc(NS(=O)(=O)c2ccccc2)ccc1OCC1CO1. The van der Waals surface area contributed by atoms with Gasteiger partial charge in [-0.05, 0) is 24.3 Å². The fraction of sp³-hybridized carbons (Fsp3) is 0.200. The molecule has 1 saturated heterocycles. The molecule has 0 radical (unpaired) electrons. The third-order valence-electron chi connectivity index (χ3n) is 3.29. The van der Waals surface area contributed by atoms with Gasteiger partial charge in [-0.2, -0.15) is 0 Å². The average molecular weight is 350 g/mol. The molecule has 2 aromatic carbocycles. The summed E-state index contributed by atoms with van der Waals surface area (Å²) in [6.45, 7) is 0.790. The van der Waals surface area contributed by atoms with Gasteiger partial charge in [-0.3, -0.25) is 14.8 Å². The second kappa shape index (κ2) is 6.46. The molecule has 1 atom stereocenters. The summed E-state index contributed by atoms with van der Waals surface area (Å²) >= 11 is 0. The molecule has 0 saturated carbocycles. The number of nitrogens with zero attached hydrogens (tertiary/aromatic N) is 1. The van der Waals surface area contributed by atoms with Crippen molar-refractivity contribution in [1.29, 1.82) is 0 Å². The van der Waals surface area contributed by atoms with Gasteiger partial charge in [0.15, 0.2) is 5.75 Å². The van der Waals surface area contributed by atoms with E-state index in [1.54, 1.807) is 18.2 Å². The number of nitrogens with one attached hydrogen (secondary N) is 1. The highest BCUT2D eigenvalue weighted by Gasteiger charge is 2.25. The van der Waals surface area contributed by atoms with Gasteiger partial charge in [0.05, 0.1) is 22.1 Å². The largest absolute Gasteiger partial charge is 0.484 e. The number of anilines is 1. The van der Waals surface area contributed by atoms with Crippen LogP contribution >= 0.6 is 0 Å². The van der Waals surface area contributed by atoms with Crippen molar-refractivity contribution in [3.05, 3.63) is 58.6 Å². The van der Waals surface area contributed by atoms with Crippen LogP contribution in [0.25, 0.3) is 0 Å². The summed E-state index contributed by atoms with van der Waals surface area (Å²) < 4.78 is 37.2. The number of benzene rings is 2. The first-order valence-corrected chi connectivity index (χ1v) is 8.55. The highest BCUT2D eigenvalue weighted by atomic mass is 32.2. The molecule has 1 fully saturated rings. The lowest BCUT2D eigenvalue weighted by Crippen LogP contribution is -2.13. The van der Waals surface area contributed by atoms with Gasteiger partial charge in [0.2, 0.25) is 0 Å². The van der Waals surface area contributed by atoms with Gasteiger partial charge in [0, 0.05) is 6.07 Å². The molecular weight excluding hydrogens is 336 g/mol. The van der Waals surface area contributed by atoms with Gasteiger partial charge in [-0.25, -0.2) is 8.42 Å². The molecule has 1 aliphatic rings. The lowest BCUT2D eigenvalue weighted by atomic mass is 10.2. The van der Waals surface area contributed by atoms with Crippen molar-refractivity contribution in [3.63, 3.8) is 0 Å². The molecule has 8 nitrogen and oxygen atoms in total. The topological polar surface area (TPSA) is 111 Å². The fourth-order valence-electron chi connectivity index (χ4n) is 2.01. The van der Waals surface area contributed by atoms with E-state index < -0.39 is 14.9 Å². The minimum absolute atomic E-state index is 0.0409. The predicted molar refractivity (Wildman–Crippen MR) is 85.6 cm³/mol. The van der Waals surface area contributed by atoms with Crippen LogP contribution in [-0.4, -0.2) is 32.7 Å². The van der Waals surface area contributed by atoms with E-state index in [0.717, 1.165) is 6.07 Å². The third-order valence-corrected chi connectivity index (χ3v) is 4.69. The minimum Gasteiger partial charge on any atom is -0.484 e. The summed E-state index contributed by atoms with van der Waals surface area (Å²) in [6.07, 6.45) is -0.0409. The van der Waals surface area contributed by atoms with Crippen LogP contribution < -0.4 is 9.46 Å². The molecule has 0 spiro atoms. The average Bonchev–Trinajstić information content (AvgIpc) is 3.38. The molecule has 0 amide bonds. The molecule has 0 bridgehead atoms. The zero-order valence-corrected chi connectivity index (χ0v) is 13.2. The van der Waals surface area contributed by atoms with Gasteiger partial charge < -0.3 is 9.47 Å². The Labute approximate surface area is 138 Å². The normalized spacial score (nSPS) is 16.4. The molecule has 0 aliphatic carbocycles. The zero-order chi connectivity index (χ0) is 17.2. The molecule has 2 aromatic rings. The van der Waals surface area contributed by atoms with Crippen molar-refractivity contribution in [2.75, 3.05) is 17.9 Å². The molecule has 126 valence electrons. The van der Waals surface area contributed by atoms with Crippen LogP contribution in [0.4, 0.5) is 11.4 Å². The first-order chi connectivity index (χ1) is 11.5. The van der Waals surface area contributed by atoms with Gasteiger partial charge in [-0.1, -0.05) is 18.2 Å². The highest BCUT2D eigenvalue weighted by molar-refractivity contribution is 7.92. The van der Waals surface area contributed by atoms with Gasteiger partial charge in [0.1, 0.15) is 12.7 Å². The molecular formula is C15H14N2O6S. The standard InChI is InChI=1S/C15H14N2O6S/c18-17(19)14-8-11(6-7-15(14)23-10-12-9-22-12)16-24(20,21)13-4-2-1-3-5-13/h1-8,12,16H,9-10H2. The van der Waals surface area contributed by atoms with Crippen LogP contribution in [-0.2, 0) is 14.8 Å². The van der Waals surface area contributed by atoms with Crippen LogP contribution in [0.5, 0.6) is 5.75 Å². The van der Waals surface area contributed by atoms with Gasteiger partial charge >= 0.3 is 5.69 Å². The van der Waals surface area contributed by atoms with Crippen LogP contribution in [0.2, 0.25) is 0 Å². The van der Waals surface area contributed by atoms with Crippen molar-refractivity contribution in [2.24, 2.45) is 0 Å². The summed E-state index contributed by atoms with van der Waals surface area (Å²) in [5, 5.41) is 11.2. The van der Waals surface area contributed by atoms with Crippen molar-refractivity contribution in [2.45, 2.75) is 11.0 Å². The van der Waals surface area contributed by atoms with Crippen LogP contribution in [0.3, 0.4) is 0 Å². The third kappa shape index (κ3) is 3.81. The van der Waals surface area contributed by atoms with E-state index in [1.807, 2.05) is 0 Å². The summed E-state index contributed by atoms with van der Waals surface area (Å²) in [4.78, 5) is 10.6. The monoisotopic (exact) mass is 350 g/mol. The molecule has 1 aliphatic heterocycles. The summed E-state index contributed by atoms with van der Waals surface area (Å²) in [6, 6.07) is 11.7. The number of rotatable bonds is 7. The van der Waals surface area contributed by atoms with E-state index in [0.29, 0.717) is 6.61 Å². The summed E-state index contributed by atoms with van der Waals surface area (Å²) in [5.74, 6) is 0.0677. The second-order valence-corrected chi connectivity index (χ2v) is 6.81. The Morgan fingerprint density at radius 3 is 2.58 bits per heavy atom. The van der Waals surface area contributed by atoms with E-state index in [-0.39, 0.29) is 34.7 Å². The Morgan fingerprint density at radius 2 is 1.96 bits per heavy atom. The van der Waals surface area contributed by atoms with Gasteiger partial charge in [0.25, 0.3) is 10.0 Å². The number of hydrogen-bond donors (Lipinski definition) is 1. The number of nitro benzene ring substituents is 1. The Kier molecular flexibility index (Phi) is 4.36. The molecule has 1 heterocycles. The molecule has 3 rings (SSSR count). The van der Waals surface area contributed by atoms with E-state index in [9.17, 15) is 18.5 Å². The number of ether oxygens (including phenoxy) is 2. The van der Waals surface area contributed by atoms with Crippen molar-refractivity contribution in [3.8, 4) is 5.75 Å². The summed E-state index contributed by atoms with van der Waals surface area (Å²) in [5.41, 5.74) is -0.232. The van der Waals surface area contributed by atoms with E-state index in [4.69, 9.17) is 9.47 Å². The molecule has 0 aromatic heterocycles. The number of nitro groups is 1. The second-order valence-electron chi connectivity index (χ2n) is 5.12. The van der Waals surface area contributed by atoms with Crippen LogP contribution in [0, 0.1) is 10.1 Å². The van der Waals surface area contributed by atoms with Crippen LogP contribution in [0.15, 0.2) is 53.4 Å². The van der Waals surface area contributed by atoms with E-state index in [1.165, 1.54) is 24.3 Å². The maximum absolute atomic E-state index is 12.3. The fourth-order valence-corrected chi connectivity index (χ4v) is 3.08. The summed E-state index contributed by atoms with van der Waals surface area (Å²) in [7, 11) is -3.82. The van der Waals surface area contributed by atoms with Crippen LogP contribution in [0.1, 0.15) is 0 Å². The minimum atomic E-state index is -3.82. The quantitative estimate of drug-likeness (QED) is 0.465. The smallest absolute Gasteiger partial charge is 0.313 e. The maximum Gasteiger partial charge on any atom is 0.313 e. The van der Waals surface area contributed by atoms with Crippen molar-refractivity contribution in [1.82, 2.24) is 0 Å². The van der Waals surface area contributed by atoms with E-state index >= 15 is 0 Å². The lowest BCUT2D eigenvalue weighted by Gasteiger charge is -2.10. The van der Waals surface area contributed by atoms with Crippen molar-refractivity contribution < 1.29 is 22.8 Å². The van der Waals surface area contributed by atoms with Gasteiger partial charge in [-0.15, -0.1) is 0 Å². The number of sulfonamides is 1. The molecule has 1 unspecified atom stereocenters. The predicted octanol–water partition coefficient (Wildman–Crippen LogP) is 2.17. The van der Waals surface area contributed by atoms with E-state index in [2.05, 4.69) is 4.72 Å². The number of epoxide rings is 1. The Hall–Kier alpha value is -2.65. The molecule has 24 heavy (non-hydrogen) atoms. The number of hydrogen-bond acceptors (Lipinski definition) is 6. The Bertz CT molecular complexity index is 850. The first kappa shape index (κ1) is 16.2. The highest BCUT2D eigenvalue weighted by Crippen LogP contribution is 2.31. The first-order valence-electron chi connectivity index (χ1n) is 7.06. The zero-order valence-electron chi connectivity index (χ0n) is 12.4. The molecule has 9 heteroatoms. The maximum atomic E-state index is 12.3. The Morgan fingerprint density at radius 1 is 1.25 bits per heavy atom. The molecule has 1 N–H and O–H groups in total. The van der Waals surface area contributed by atoms with Crippen molar-refractivity contribution >= 4 is 21.4 Å².